The van der Waals surface area contributed by atoms with Crippen LogP contribution in [-0.4, -0.2) is 23.5 Å². The zero-order chi connectivity index (χ0) is 10.2. The Morgan fingerprint density at radius 2 is 1.92 bits per heavy atom. The second kappa shape index (κ2) is 3.28. The summed E-state index contributed by atoms with van der Waals surface area (Å²) >= 11 is 0. The minimum atomic E-state index is -1.06. The SMILES string of the molecule is CC(=O)[C@H]1C(=O)N[C@@H](C(C)C)C1=O. The van der Waals surface area contributed by atoms with E-state index in [1.54, 1.807) is 0 Å². The molecule has 0 bridgehead atoms. The Balaban J connectivity index is 2.88. The second-order valence-corrected chi connectivity index (χ2v) is 3.68. The molecule has 0 aliphatic carbocycles. The summed E-state index contributed by atoms with van der Waals surface area (Å²) in [6.45, 7) is 4.95. The van der Waals surface area contributed by atoms with E-state index in [0.717, 1.165) is 0 Å². The van der Waals surface area contributed by atoms with Crippen LogP contribution in [0.25, 0.3) is 0 Å². The van der Waals surface area contributed by atoms with Gasteiger partial charge in [-0.3, -0.25) is 14.4 Å². The molecule has 72 valence electrons. The highest BCUT2D eigenvalue weighted by Crippen LogP contribution is 2.17. The predicted molar refractivity (Wildman–Crippen MR) is 45.9 cm³/mol. The summed E-state index contributed by atoms with van der Waals surface area (Å²) in [6.07, 6.45) is 0. The third-order valence-corrected chi connectivity index (χ3v) is 2.22. The van der Waals surface area contributed by atoms with Gasteiger partial charge in [-0.05, 0) is 12.8 Å². The fourth-order valence-electron chi connectivity index (χ4n) is 1.50. The largest absolute Gasteiger partial charge is 0.345 e. The highest BCUT2D eigenvalue weighted by molar-refractivity contribution is 6.23. The molecule has 1 amide bonds. The summed E-state index contributed by atoms with van der Waals surface area (Å²) in [4.78, 5) is 33.6. The number of amides is 1. The van der Waals surface area contributed by atoms with Gasteiger partial charge in [-0.15, -0.1) is 0 Å². The van der Waals surface area contributed by atoms with Gasteiger partial charge in [-0.1, -0.05) is 13.8 Å². The van der Waals surface area contributed by atoms with Crippen molar-refractivity contribution in [2.45, 2.75) is 26.8 Å². The minimum Gasteiger partial charge on any atom is -0.345 e. The minimum absolute atomic E-state index is 0.0424. The van der Waals surface area contributed by atoms with Crippen molar-refractivity contribution >= 4 is 17.5 Å². The van der Waals surface area contributed by atoms with Crippen molar-refractivity contribution in [3.63, 3.8) is 0 Å². The molecule has 0 saturated carbocycles. The van der Waals surface area contributed by atoms with Crippen molar-refractivity contribution in [3.8, 4) is 0 Å². The van der Waals surface area contributed by atoms with E-state index in [4.69, 9.17) is 0 Å². The summed E-state index contributed by atoms with van der Waals surface area (Å²) in [5.41, 5.74) is 0. The van der Waals surface area contributed by atoms with E-state index in [2.05, 4.69) is 5.32 Å². The molecule has 0 aromatic rings. The molecule has 1 fully saturated rings. The lowest BCUT2D eigenvalue weighted by atomic mass is 9.94. The normalized spacial score (nSPS) is 28.0. The fraction of sp³-hybridized carbons (Fsp3) is 0.667. The van der Waals surface area contributed by atoms with Gasteiger partial charge < -0.3 is 5.32 Å². The first-order valence-corrected chi connectivity index (χ1v) is 4.29. The number of hydrogen-bond acceptors (Lipinski definition) is 3. The van der Waals surface area contributed by atoms with E-state index in [0.29, 0.717) is 0 Å². The molecule has 1 heterocycles. The summed E-state index contributed by atoms with van der Waals surface area (Å²) in [6, 6.07) is -0.485. The Kier molecular flexibility index (Phi) is 2.50. The van der Waals surface area contributed by atoms with Crippen LogP contribution in [0.2, 0.25) is 0 Å². The van der Waals surface area contributed by atoms with Gasteiger partial charge in [-0.2, -0.15) is 0 Å². The van der Waals surface area contributed by atoms with Gasteiger partial charge in [0.25, 0.3) is 0 Å². The second-order valence-electron chi connectivity index (χ2n) is 3.68. The average Bonchev–Trinajstić information content (AvgIpc) is 2.26. The van der Waals surface area contributed by atoms with E-state index in [-0.39, 0.29) is 17.5 Å². The van der Waals surface area contributed by atoms with Gasteiger partial charge in [0.15, 0.2) is 11.7 Å². The molecule has 0 radical (unpaired) electrons. The maximum Gasteiger partial charge on any atom is 0.238 e. The van der Waals surface area contributed by atoms with E-state index in [9.17, 15) is 14.4 Å². The van der Waals surface area contributed by atoms with Crippen LogP contribution in [0.15, 0.2) is 0 Å². The number of hydrogen-bond donors (Lipinski definition) is 1. The molecule has 4 heteroatoms. The number of Topliss-reactive ketones (excluding diaryl/α,β-unsaturated/α-hetero) is 2. The molecule has 1 rings (SSSR count). The highest BCUT2D eigenvalue weighted by Gasteiger charge is 2.44. The highest BCUT2D eigenvalue weighted by atomic mass is 16.2. The lowest BCUT2D eigenvalue weighted by molar-refractivity contribution is -0.135. The van der Waals surface area contributed by atoms with Crippen LogP contribution in [-0.2, 0) is 14.4 Å². The lowest BCUT2D eigenvalue weighted by Crippen LogP contribution is -2.34. The first-order chi connectivity index (χ1) is 5.95. The zero-order valence-corrected chi connectivity index (χ0v) is 7.96. The lowest BCUT2D eigenvalue weighted by Gasteiger charge is -2.11. The summed E-state index contributed by atoms with van der Waals surface area (Å²) in [5, 5.41) is 2.53. The molecule has 1 aliphatic rings. The molecule has 0 aromatic heterocycles. The molecule has 0 aromatic carbocycles. The Bertz CT molecular complexity index is 270. The maximum absolute atomic E-state index is 11.5. The summed E-state index contributed by atoms with van der Waals surface area (Å²) in [7, 11) is 0. The number of carbonyl (C=O) groups excluding carboxylic acids is 3. The standard InChI is InChI=1S/C9H13NO3/c1-4(2)7-8(12)6(5(3)11)9(13)10-7/h4,6-7H,1-3H3,(H,10,13)/t6-,7+/m1/s1. The topological polar surface area (TPSA) is 63.2 Å². The molecule has 13 heavy (non-hydrogen) atoms. The van der Waals surface area contributed by atoms with Crippen LogP contribution in [0.4, 0.5) is 0 Å². The number of carbonyl (C=O) groups is 3. The first kappa shape index (κ1) is 9.89. The summed E-state index contributed by atoms with van der Waals surface area (Å²) in [5.74, 6) is -2.12. The van der Waals surface area contributed by atoms with Crippen LogP contribution in [0.1, 0.15) is 20.8 Å². The van der Waals surface area contributed by atoms with Crippen LogP contribution in [0, 0.1) is 11.8 Å². The van der Waals surface area contributed by atoms with Gasteiger partial charge in [0, 0.05) is 0 Å². The Morgan fingerprint density at radius 3 is 2.15 bits per heavy atom. The van der Waals surface area contributed by atoms with E-state index < -0.39 is 17.9 Å². The van der Waals surface area contributed by atoms with Crippen LogP contribution < -0.4 is 5.32 Å². The average molecular weight is 183 g/mol. The molecular formula is C9H13NO3. The quantitative estimate of drug-likeness (QED) is 0.609. The van der Waals surface area contributed by atoms with E-state index in [1.165, 1.54) is 6.92 Å². The zero-order valence-electron chi connectivity index (χ0n) is 7.96. The number of nitrogens with one attached hydrogen (secondary N) is 1. The van der Waals surface area contributed by atoms with E-state index >= 15 is 0 Å². The van der Waals surface area contributed by atoms with Crippen molar-refractivity contribution in [2.24, 2.45) is 11.8 Å². The fourth-order valence-corrected chi connectivity index (χ4v) is 1.50. The monoisotopic (exact) mass is 183 g/mol. The van der Waals surface area contributed by atoms with Crippen molar-refractivity contribution in [1.29, 1.82) is 0 Å². The number of ketones is 2. The third kappa shape index (κ3) is 1.61. The van der Waals surface area contributed by atoms with Crippen molar-refractivity contribution < 1.29 is 14.4 Å². The van der Waals surface area contributed by atoms with Crippen molar-refractivity contribution in [3.05, 3.63) is 0 Å². The van der Waals surface area contributed by atoms with Gasteiger partial charge in [0.1, 0.15) is 5.78 Å². The van der Waals surface area contributed by atoms with Crippen LogP contribution in [0.3, 0.4) is 0 Å². The smallest absolute Gasteiger partial charge is 0.238 e. The maximum atomic E-state index is 11.5. The van der Waals surface area contributed by atoms with Gasteiger partial charge in [0.2, 0.25) is 5.91 Å². The van der Waals surface area contributed by atoms with Gasteiger partial charge in [0.05, 0.1) is 6.04 Å². The molecule has 1 N–H and O–H groups in total. The molecule has 0 spiro atoms. The number of rotatable bonds is 2. The third-order valence-electron chi connectivity index (χ3n) is 2.22. The first-order valence-electron chi connectivity index (χ1n) is 4.29. The molecular weight excluding hydrogens is 170 g/mol. The van der Waals surface area contributed by atoms with Gasteiger partial charge >= 0.3 is 0 Å². The molecule has 1 saturated heterocycles. The predicted octanol–water partition coefficient (Wildman–Crippen LogP) is -0.0849. The Hall–Kier alpha value is -1.19. The van der Waals surface area contributed by atoms with Gasteiger partial charge in [-0.25, -0.2) is 0 Å². The Labute approximate surface area is 76.7 Å². The van der Waals surface area contributed by atoms with Crippen LogP contribution >= 0.6 is 0 Å². The summed E-state index contributed by atoms with van der Waals surface area (Å²) < 4.78 is 0. The van der Waals surface area contributed by atoms with Crippen molar-refractivity contribution in [2.75, 3.05) is 0 Å². The molecule has 1 aliphatic heterocycles. The molecule has 2 atom stereocenters. The molecule has 0 unspecified atom stereocenters. The van der Waals surface area contributed by atoms with E-state index in [1.807, 2.05) is 13.8 Å². The van der Waals surface area contributed by atoms with Crippen LogP contribution in [0.5, 0.6) is 0 Å². The Morgan fingerprint density at radius 1 is 1.38 bits per heavy atom. The molecule has 4 nitrogen and oxygen atoms in total. The van der Waals surface area contributed by atoms with Crippen molar-refractivity contribution in [1.82, 2.24) is 5.32 Å².